The predicted octanol–water partition coefficient (Wildman–Crippen LogP) is 2.40. The fourth-order valence-corrected chi connectivity index (χ4v) is 3.76. The van der Waals surface area contributed by atoms with E-state index in [0.717, 1.165) is 19.3 Å². The predicted molar refractivity (Wildman–Crippen MR) is 80.5 cm³/mol. The molecule has 0 heterocycles. The molecule has 0 fully saturated rings. The minimum atomic E-state index is -4.92. The summed E-state index contributed by atoms with van der Waals surface area (Å²) in [4.78, 5) is 48.0. The monoisotopic (exact) mass is 330 g/mol. The summed E-state index contributed by atoms with van der Waals surface area (Å²) in [6.45, 7) is 2.22. The van der Waals surface area contributed by atoms with E-state index in [-0.39, 0.29) is 6.54 Å². The van der Waals surface area contributed by atoms with Gasteiger partial charge in [-0.25, -0.2) is 9.56 Å². The van der Waals surface area contributed by atoms with Crippen LogP contribution in [-0.4, -0.2) is 36.2 Å². The molecule has 0 saturated carbocycles. The van der Waals surface area contributed by atoms with Crippen molar-refractivity contribution in [2.24, 2.45) is 4.99 Å². The van der Waals surface area contributed by atoms with E-state index >= 15 is 0 Å². The van der Waals surface area contributed by atoms with Crippen LogP contribution in [-0.2, 0) is 4.57 Å². The van der Waals surface area contributed by atoms with Crippen LogP contribution in [0, 0.1) is 0 Å². The molecule has 0 aromatic rings. The van der Waals surface area contributed by atoms with Gasteiger partial charge in [-0.2, -0.15) is 14.7 Å². The summed E-state index contributed by atoms with van der Waals surface area (Å²) in [7, 11) is -9.66. The number of hydrogen-bond acceptors (Lipinski definition) is 5. The van der Waals surface area contributed by atoms with Crippen LogP contribution in [0.1, 0.15) is 58.3 Å². The Bertz CT molecular complexity index is 336. The molecule has 0 aromatic heterocycles. The fraction of sp³-hybridized carbons (Fsp3) is 0.909. The Morgan fingerprint density at radius 1 is 0.950 bits per heavy atom. The average molecular weight is 330 g/mol. The zero-order valence-corrected chi connectivity index (χ0v) is 13.6. The van der Waals surface area contributed by atoms with Crippen LogP contribution < -0.4 is 0 Å². The van der Waals surface area contributed by atoms with E-state index in [4.69, 9.17) is 24.5 Å². The molecule has 0 amide bonds. The number of rotatable bonds is 11. The molecule has 0 aliphatic carbocycles. The third-order valence-electron chi connectivity index (χ3n) is 2.79. The molecule has 5 N–H and O–H groups in total. The molecular weight excluding hydrogens is 304 g/mol. The molecule has 0 rings (SSSR count). The van der Waals surface area contributed by atoms with Crippen molar-refractivity contribution < 1.29 is 29.0 Å². The molecule has 0 radical (unpaired) electrons. The van der Waals surface area contributed by atoms with Crippen LogP contribution in [0.2, 0.25) is 0 Å². The number of unbranched alkanes of at least 4 members (excludes halogenated alkanes) is 7. The van der Waals surface area contributed by atoms with Gasteiger partial charge in [-0.1, -0.05) is 51.9 Å². The fourth-order valence-electron chi connectivity index (χ4n) is 1.79. The summed E-state index contributed by atoms with van der Waals surface area (Å²) in [6.07, 6.45) is 8.44. The first-order chi connectivity index (χ1) is 9.19. The Morgan fingerprint density at radius 2 is 1.40 bits per heavy atom. The Kier molecular flexibility index (Phi) is 10.0. The van der Waals surface area contributed by atoms with Gasteiger partial charge in [0.15, 0.2) is 0 Å². The molecule has 9 heteroatoms. The zero-order valence-electron chi connectivity index (χ0n) is 11.8. The third kappa shape index (κ3) is 9.94. The highest BCUT2D eigenvalue weighted by molar-refractivity contribution is 8.00. The van der Waals surface area contributed by atoms with Crippen LogP contribution in [0.5, 0.6) is 0 Å². The van der Waals surface area contributed by atoms with Crippen LogP contribution in [0.4, 0.5) is 0 Å². The van der Waals surface area contributed by atoms with Crippen molar-refractivity contribution in [3.63, 3.8) is 0 Å². The van der Waals surface area contributed by atoms with Gasteiger partial charge in [0.25, 0.3) is 0 Å². The van der Waals surface area contributed by atoms with Gasteiger partial charge in [-0.3, -0.25) is 0 Å². The minimum absolute atomic E-state index is 0.0683. The second-order valence-electron chi connectivity index (χ2n) is 4.77. The van der Waals surface area contributed by atoms with Crippen molar-refractivity contribution in [1.82, 2.24) is 0 Å². The molecule has 0 atom stereocenters. The molecule has 7 nitrogen and oxygen atoms in total. The second kappa shape index (κ2) is 9.96. The van der Waals surface area contributed by atoms with E-state index in [0.29, 0.717) is 6.42 Å². The normalized spacial score (nSPS) is 13.8. The molecule has 0 spiro atoms. The summed E-state index contributed by atoms with van der Waals surface area (Å²) >= 11 is 0. The zero-order chi connectivity index (χ0) is 15.6. The molecule has 120 valence electrons. The van der Waals surface area contributed by atoms with Gasteiger partial charge in [0.1, 0.15) is 0 Å². The van der Waals surface area contributed by atoms with Gasteiger partial charge in [-0.05, 0) is 6.42 Å². The van der Waals surface area contributed by atoms with E-state index in [9.17, 15) is 4.57 Å². The van der Waals surface area contributed by atoms with Crippen molar-refractivity contribution in [1.29, 1.82) is 0 Å². The maximum absolute atomic E-state index is 11.0. The summed E-state index contributed by atoms with van der Waals surface area (Å²) in [5, 5.41) is -1.19. The van der Waals surface area contributed by atoms with Gasteiger partial charge >= 0.3 is 20.7 Å². The molecule has 0 saturated heterocycles. The lowest BCUT2D eigenvalue weighted by Crippen LogP contribution is -2.07. The Labute approximate surface area is 120 Å². The first kappa shape index (κ1) is 20.1. The van der Waals surface area contributed by atoms with Crippen LogP contribution in [0.15, 0.2) is 4.99 Å². The van der Waals surface area contributed by atoms with Gasteiger partial charge in [-0.15, -0.1) is 0 Å². The Morgan fingerprint density at radius 3 is 1.80 bits per heavy atom. The lowest BCUT2D eigenvalue weighted by atomic mass is 10.1. The highest BCUT2D eigenvalue weighted by Gasteiger charge is 2.51. The van der Waals surface area contributed by atoms with Crippen LogP contribution in [0.3, 0.4) is 0 Å². The molecule has 0 aromatic carbocycles. The van der Waals surface area contributed by atoms with Gasteiger partial charge in [0, 0.05) is 6.54 Å². The van der Waals surface area contributed by atoms with E-state index < -0.39 is 20.7 Å². The Hall–Kier alpha value is 0.130. The quantitative estimate of drug-likeness (QED) is 0.225. The Balaban J connectivity index is 3.95. The van der Waals surface area contributed by atoms with E-state index in [1.54, 1.807) is 0 Å². The first-order valence-electron chi connectivity index (χ1n) is 6.88. The smallest absolute Gasteiger partial charge is 0.317 e. The molecule has 0 bridgehead atoms. The minimum Gasteiger partial charge on any atom is -0.317 e. The van der Waals surface area contributed by atoms with E-state index in [2.05, 4.69) is 11.9 Å². The standard InChI is InChI=1S/C11H25NO6P2/c1-2-3-4-5-6-7-8-9-10-12-11(19(13,14)15)20(16,17)18/h13-15H,2-10H2,1H3,(H-,16,17,18)/p+1. The van der Waals surface area contributed by atoms with Crippen molar-refractivity contribution in [2.45, 2.75) is 58.3 Å². The van der Waals surface area contributed by atoms with Crippen molar-refractivity contribution in [3.05, 3.63) is 0 Å². The maximum atomic E-state index is 11.0. The van der Waals surface area contributed by atoms with Gasteiger partial charge in [0.05, 0.1) is 0 Å². The first-order valence-corrected chi connectivity index (χ1v) is 10.1. The van der Waals surface area contributed by atoms with Crippen molar-refractivity contribution in [2.75, 3.05) is 6.54 Å². The topological polar surface area (TPSA) is 131 Å². The number of aliphatic imine (C=N–C) groups is 1. The average Bonchev–Trinajstić information content (AvgIpc) is 2.28. The highest BCUT2D eigenvalue weighted by Crippen LogP contribution is 2.60. The lowest BCUT2D eigenvalue weighted by molar-refractivity contribution is 0.348. The summed E-state index contributed by atoms with van der Waals surface area (Å²) in [6, 6.07) is 0. The van der Waals surface area contributed by atoms with Crippen molar-refractivity contribution >= 4 is 20.7 Å². The van der Waals surface area contributed by atoms with E-state index in [1.807, 2.05) is 0 Å². The molecule has 0 aliphatic rings. The second-order valence-corrected chi connectivity index (χ2v) is 8.19. The van der Waals surface area contributed by atoms with Crippen molar-refractivity contribution in [3.8, 4) is 0 Å². The lowest BCUT2D eigenvalue weighted by Gasteiger charge is -2.08. The SMILES string of the molecule is CCCCCCCCCCN=C(P(=O)(O)O)[P+](O)(O)O. The number of hydrogen-bond donors (Lipinski definition) is 5. The molecular formula is C11H26NO6P2+. The number of nitrogens with zero attached hydrogens (tertiary/aromatic N) is 1. The third-order valence-corrected chi connectivity index (χ3v) is 5.72. The summed E-state index contributed by atoms with van der Waals surface area (Å²) in [5.74, 6) is 0. The van der Waals surface area contributed by atoms with Crippen LogP contribution in [0.25, 0.3) is 0 Å². The van der Waals surface area contributed by atoms with Gasteiger partial charge in [0.2, 0.25) is 0 Å². The molecule has 0 unspecified atom stereocenters. The highest BCUT2D eigenvalue weighted by atomic mass is 31.3. The van der Waals surface area contributed by atoms with E-state index in [1.165, 1.54) is 25.7 Å². The maximum Gasteiger partial charge on any atom is 0.469 e. The summed E-state index contributed by atoms with van der Waals surface area (Å²) < 4.78 is 11.0. The molecule has 20 heavy (non-hydrogen) atoms. The van der Waals surface area contributed by atoms with Crippen LogP contribution >= 0.6 is 15.5 Å². The van der Waals surface area contributed by atoms with Gasteiger partial charge < -0.3 is 9.79 Å². The summed E-state index contributed by atoms with van der Waals surface area (Å²) in [5.41, 5.74) is 0. The molecule has 0 aliphatic heterocycles. The largest absolute Gasteiger partial charge is 0.469 e.